The first-order chi connectivity index (χ1) is 10.6. The van der Waals surface area contributed by atoms with Crippen molar-refractivity contribution in [1.82, 2.24) is 0 Å². The van der Waals surface area contributed by atoms with E-state index in [4.69, 9.17) is 0 Å². The summed E-state index contributed by atoms with van der Waals surface area (Å²) >= 11 is 1.88. The second-order valence-electron chi connectivity index (χ2n) is 5.95. The fourth-order valence-corrected chi connectivity index (χ4v) is 3.84. The summed E-state index contributed by atoms with van der Waals surface area (Å²) in [4.78, 5) is 1.25. The predicted molar refractivity (Wildman–Crippen MR) is 94.8 cm³/mol. The molecule has 1 aliphatic rings. The minimum absolute atomic E-state index is 0.169. The minimum atomic E-state index is -0.169. The number of rotatable bonds is 3. The lowest BCUT2D eigenvalue weighted by Crippen LogP contribution is -1.94. The molecule has 22 heavy (non-hydrogen) atoms. The third-order valence-corrected chi connectivity index (χ3v) is 5.60. The van der Waals surface area contributed by atoms with Crippen LogP contribution in [-0.4, -0.2) is 5.25 Å². The summed E-state index contributed by atoms with van der Waals surface area (Å²) in [6.45, 7) is 8.67. The zero-order valence-electron chi connectivity index (χ0n) is 13.2. The molecule has 0 N–H and O–H groups in total. The van der Waals surface area contributed by atoms with Crippen LogP contribution in [0.15, 0.2) is 47.9 Å². The largest absolute Gasteiger partial charge is 0.207 e. The molecule has 0 saturated heterocycles. The molecule has 2 aromatic rings. The van der Waals surface area contributed by atoms with E-state index < -0.39 is 0 Å². The first kappa shape index (κ1) is 15.4. The summed E-state index contributed by atoms with van der Waals surface area (Å²) in [5, 5.41) is 0.582. The van der Waals surface area contributed by atoms with Crippen LogP contribution in [0.25, 0.3) is 16.7 Å². The average molecular weight is 312 g/mol. The quantitative estimate of drug-likeness (QED) is 0.596. The van der Waals surface area contributed by atoms with Gasteiger partial charge < -0.3 is 0 Å². The Morgan fingerprint density at radius 1 is 1.09 bits per heavy atom. The smallest absolute Gasteiger partial charge is 0.123 e. The van der Waals surface area contributed by atoms with Crippen molar-refractivity contribution in [2.75, 3.05) is 0 Å². The normalized spacial score (nSPS) is 15.0. The summed E-state index contributed by atoms with van der Waals surface area (Å²) in [6, 6.07) is 11.7. The number of halogens is 1. The SMILES string of the molecule is C=C1CCc2ccc(F)cc2-c2cc(SC(C)CC)ccc21. The summed E-state index contributed by atoms with van der Waals surface area (Å²) in [5.74, 6) is -0.169. The van der Waals surface area contributed by atoms with E-state index in [0.717, 1.165) is 41.5 Å². The van der Waals surface area contributed by atoms with Gasteiger partial charge in [0.25, 0.3) is 0 Å². The number of benzene rings is 2. The van der Waals surface area contributed by atoms with Gasteiger partial charge in [0, 0.05) is 10.1 Å². The van der Waals surface area contributed by atoms with Crippen molar-refractivity contribution in [3.05, 3.63) is 59.9 Å². The lowest BCUT2D eigenvalue weighted by molar-refractivity contribution is 0.627. The maximum absolute atomic E-state index is 13.8. The number of fused-ring (bicyclic) bond motifs is 3. The Hall–Kier alpha value is -1.54. The third kappa shape index (κ3) is 2.98. The van der Waals surface area contributed by atoms with E-state index in [1.54, 1.807) is 12.1 Å². The van der Waals surface area contributed by atoms with Gasteiger partial charge in [-0.2, -0.15) is 0 Å². The maximum Gasteiger partial charge on any atom is 0.123 e. The summed E-state index contributed by atoms with van der Waals surface area (Å²) in [6.07, 6.45) is 3.00. The average Bonchev–Trinajstić information content (AvgIpc) is 2.65. The van der Waals surface area contributed by atoms with Crippen LogP contribution in [-0.2, 0) is 6.42 Å². The molecule has 0 heterocycles. The van der Waals surface area contributed by atoms with Gasteiger partial charge >= 0.3 is 0 Å². The second kappa shape index (κ2) is 6.29. The third-order valence-electron chi connectivity index (χ3n) is 4.34. The molecular weight excluding hydrogens is 291 g/mol. The Bertz CT molecular complexity index is 718. The maximum atomic E-state index is 13.8. The van der Waals surface area contributed by atoms with Crippen molar-refractivity contribution in [3.8, 4) is 11.1 Å². The number of hydrogen-bond acceptors (Lipinski definition) is 1. The van der Waals surface area contributed by atoms with E-state index in [1.165, 1.54) is 10.5 Å². The van der Waals surface area contributed by atoms with Crippen molar-refractivity contribution in [1.29, 1.82) is 0 Å². The van der Waals surface area contributed by atoms with Gasteiger partial charge in [0.1, 0.15) is 5.82 Å². The van der Waals surface area contributed by atoms with Crippen LogP contribution in [0.5, 0.6) is 0 Å². The van der Waals surface area contributed by atoms with Gasteiger partial charge in [-0.05, 0) is 71.4 Å². The highest BCUT2D eigenvalue weighted by atomic mass is 32.2. The molecule has 0 nitrogen and oxygen atoms in total. The first-order valence-corrected chi connectivity index (χ1v) is 8.74. The van der Waals surface area contributed by atoms with E-state index in [2.05, 4.69) is 38.6 Å². The lowest BCUT2D eigenvalue weighted by atomic mass is 9.95. The van der Waals surface area contributed by atoms with Crippen molar-refractivity contribution < 1.29 is 4.39 Å². The molecule has 114 valence electrons. The van der Waals surface area contributed by atoms with Crippen LogP contribution in [0.3, 0.4) is 0 Å². The number of allylic oxidation sites excluding steroid dienone is 1. The Kier molecular flexibility index (Phi) is 4.39. The van der Waals surface area contributed by atoms with E-state index in [-0.39, 0.29) is 5.82 Å². The molecule has 2 heteroatoms. The van der Waals surface area contributed by atoms with Crippen molar-refractivity contribution >= 4 is 17.3 Å². The molecule has 1 atom stereocenters. The molecule has 0 radical (unpaired) electrons. The number of aryl methyl sites for hydroxylation is 1. The number of hydrogen-bond donors (Lipinski definition) is 0. The zero-order chi connectivity index (χ0) is 15.7. The van der Waals surface area contributed by atoms with Crippen LogP contribution in [0.2, 0.25) is 0 Å². The van der Waals surface area contributed by atoms with Gasteiger partial charge in [-0.15, -0.1) is 11.8 Å². The molecule has 0 bridgehead atoms. The van der Waals surface area contributed by atoms with E-state index in [1.807, 2.05) is 17.8 Å². The highest BCUT2D eigenvalue weighted by Gasteiger charge is 2.18. The standard InChI is InChI=1S/C20H21FS/c1-4-14(3)22-17-9-10-18-13(2)5-6-15-7-8-16(21)11-19(15)20(18)12-17/h7-12,14H,2,4-6H2,1,3H3. The fourth-order valence-electron chi connectivity index (χ4n) is 2.88. The molecule has 0 aliphatic heterocycles. The molecule has 3 rings (SSSR count). The van der Waals surface area contributed by atoms with Gasteiger partial charge in [-0.25, -0.2) is 4.39 Å². The molecule has 0 aromatic heterocycles. The van der Waals surface area contributed by atoms with Crippen LogP contribution in [0.1, 0.15) is 37.8 Å². The van der Waals surface area contributed by atoms with Gasteiger partial charge in [-0.1, -0.05) is 32.6 Å². The molecule has 0 fully saturated rings. The highest BCUT2D eigenvalue weighted by Crippen LogP contribution is 2.40. The number of thioether (sulfide) groups is 1. The van der Waals surface area contributed by atoms with Gasteiger partial charge in [0.05, 0.1) is 0 Å². The van der Waals surface area contributed by atoms with Gasteiger partial charge in [0.15, 0.2) is 0 Å². The van der Waals surface area contributed by atoms with Crippen LogP contribution >= 0.6 is 11.8 Å². The zero-order valence-corrected chi connectivity index (χ0v) is 14.0. The van der Waals surface area contributed by atoms with Crippen molar-refractivity contribution in [2.45, 2.75) is 43.3 Å². The van der Waals surface area contributed by atoms with Crippen molar-refractivity contribution in [2.24, 2.45) is 0 Å². The predicted octanol–water partition coefficient (Wildman–Crippen LogP) is 6.34. The van der Waals surface area contributed by atoms with E-state index in [9.17, 15) is 4.39 Å². The Morgan fingerprint density at radius 2 is 1.91 bits per heavy atom. The Labute approximate surface area is 136 Å². The monoisotopic (exact) mass is 312 g/mol. The topological polar surface area (TPSA) is 0 Å². The summed E-state index contributed by atoms with van der Waals surface area (Å²) in [5.41, 5.74) is 5.68. The molecule has 0 spiro atoms. The molecule has 2 aromatic carbocycles. The molecular formula is C20H21FS. The van der Waals surface area contributed by atoms with Gasteiger partial charge in [0.2, 0.25) is 0 Å². The van der Waals surface area contributed by atoms with Crippen LogP contribution < -0.4 is 0 Å². The Morgan fingerprint density at radius 3 is 2.68 bits per heavy atom. The summed E-state index contributed by atoms with van der Waals surface area (Å²) in [7, 11) is 0. The Balaban J connectivity index is 2.13. The molecule has 1 aliphatic carbocycles. The molecule has 1 unspecified atom stereocenters. The summed E-state index contributed by atoms with van der Waals surface area (Å²) < 4.78 is 13.8. The highest BCUT2D eigenvalue weighted by molar-refractivity contribution is 7.99. The van der Waals surface area contributed by atoms with Gasteiger partial charge in [-0.3, -0.25) is 0 Å². The molecule has 0 saturated carbocycles. The van der Waals surface area contributed by atoms with E-state index >= 15 is 0 Å². The van der Waals surface area contributed by atoms with E-state index in [0.29, 0.717) is 5.25 Å². The molecule has 0 amide bonds. The fraction of sp³-hybridized carbons (Fsp3) is 0.300. The van der Waals surface area contributed by atoms with Crippen LogP contribution in [0.4, 0.5) is 4.39 Å². The lowest BCUT2D eigenvalue weighted by Gasteiger charge is -2.14. The second-order valence-corrected chi connectivity index (χ2v) is 7.46. The minimum Gasteiger partial charge on any atom is -0.207 e. The van der Waals surface area contributed by atoms with Crippen molar-refractivity contribution in [3.63, 3.8) is 0 Å². The van der Waals surface area contributed by atoms with Crippen LogP contribution in [0, 0.1) is 5.82 Å². The first-order valence-electron chi connectivity index (χ1n) is 7.86.